The second-order valence-corrected chi connectivity index (χ2v) is 6.87. The summed E-state index contributed by atoms with van der Waals surface area (Å²) >= 11 is 5.73. The molecule has 29 heavy (non-hydrogen) atoms. The molecule has 0 amide bonds. The van der Waals surface area contributed by atoms with E-state index in [1.54, 1.807) is 6.26 Å². The molecule has 0 spiro atoms. The lowest BCUT2D eigenvalue weighted by atomic mass is 10.2. The van der Waals surface area contributed by atoms with Crippen molar-refractivity contribution < 1.29 is 18.6 Å². The minimum atomic E-state index is 0.253. The first-order chi connectivity index (χ1) is 14.2. The molecule has 0 fully saturated rings. The number of furan rings is 1. The molecule has 0 bridgehead atoms. The normalized spacial score (nSPS) is 11.9. The molecular weight excluding hydrogens is 388 g/mol. The van der Waals surface area contributed by atoms with Gasteiger partial charge in [-0.3, -0.25) is 0 Å². The topological polar surface area (TPSA) is 56.1 Å². The zero-order valence-electron chi connectivity index (χ0n) is 16.1. The Bertz CT molecular complexity index is 975. The van der Waals surface area contributed by atoms with Gasteiger partial charge >= 0.3 is 0 Å². The highest BCUT2D eigenvalue weighted by molar-refractivity contribution is 7.80. The maximum atomic E-state index is 5.73. The Labute approximate surface area is 175 Å². The van der Waals surface area contributed by atoms with E-state index < -0.39 is 0 Å². The Hall–Kier alpha value is -3.19. The number of thiocarbonyl (C=S) groups is 1. The van der Waals surface area contributed by atoms with Gasteiger partial charge in [0.15, 0.2) is 16.6 Å². The highest BCUT2D eigenvalue weighted by Gasteiger charge is 2.18. The molecule has 1 aliphatic heterocycles. The minimum Gasteiger partial charge on any atom is -0.492 e. The third kappa shape index (κ3) is 4.63. The highest BCUT2D eigenvalue weighted by atomic mass is 32.1. The number of nitrogens with one attached hydrogen (secondary N) is 1. The lowest BCUT2D eigenvalue weighted by molar-refractivity contribution is 0.174. The molecule has 1 N–H and O–H groups in total. The summed E-state index contributed by atoms with van der Waals surface area (Å²) in [6.45, 7) is 3.91. The fraction of sp³-hybridized carbons (Fsp3) is 0.227. The zero-order valence-corrected chi connectivity index (χ0v) is 16.9. The summed E-state index contributed by atoms with van der Waals surface area (Å²) in [4.78, 5) is 2.04. The van der Waals surface area contributed by atoms with Crippen molar-refractivity contribution in [2.45, 2.75) is 20.0 Å². The van der Waals surface area contributed by atoms with Crippen LogP contribution in [0.1, 0.15) is 18.2 Å². The molecule has 1 aliphatic rings. The molecule has 4 rings (SSSR count). The van der Waals surface area contributed by atoms with E-state index in [1.165, 1.54) is 0 Å². The molecular formula is C22H22N2O4S. The molecule has 0 atom stereocenters. The Balaban J connectivity index is 1.54. The first kappa shape index (κ1) is 19.1. The van der Waals surface area contributed by atoms with Crippen LogP contribution in [0.5, 0.6) is 17.2 Å². The Morgan fingerprint density at radius 1 is 1.07 bits per heavy atom. The van der Waals surface area contributed by atoms with Gasteiger partial charge in [-0.2, -0.15) is 0 Å². The van der Waals surface area contributed by atoms with E-state index in [0.717, 1.165) is 34.3 Å². The second kappa shape index (κ2) is 8.87. The fourth-order valence-electron chi connectivity index (χ4n) is 3.10. The van der Waals surface area contributed by atoms with E-state index in [0.29, 0.717) is 24.8 Å². The van der Waals surface area contributed by atoms with Gasteiger partial charge in [-0.05, 0) is 61.1 Å². The lowest BCUT2D eigenvalue weighted by Gasteiger charge is -2.26. The summed E-state index contributed by atoms with van der Waals surface area (Å²) in [5, 5.41) is 3.89. The molecule has 1 aromatic heterocycles. The highest BCUT2D eigenvalue weighted by Crippen LogP contribution is 2.33. The summed E-state index contributed by atoms with van der Waals surface area (Å²) in [6, 6.07) is 17.5. The maximum Gasteiger partial charge on any atom is 0.231 e. The molecule has 0 unspecified atom stereocenters. The lowest BCUT2D eigenvalue weighted by Crippen LogP contribution is -2.33. The van der Waals surface area contributed by atoms with E-state index in [2.05, 4.69) is 5.32 Å². The number of hydrogen-bond donors (Lipinski definition) is 1. The van der Waals surface area contributed by atoms with Crippen LogP contribution in [0, 0.1) is 0 Å². The summed E-state index contributed by atoms with van der Waals surface area (Å²) in [5.41, 5.74) is 1.89. The number of para-hydroxylation sites is 2. The number of hydrogen-bond acceptors (Lipinski definition) is 5. The molecule has 3 aromatic rings. The average molecular weight is 410 g/mol. The van der Waals surface area contributed by atoms with Crippen LogP contribution in [0.2, 0.25) is 0 Å². The largest absolute Gasteiger partial charge is 0.492 e. The molecule has 2 aromatic carbocycles. The maximum absolute atomic E-state index is 5.73. The Morgan fingerprint density at radius 2 is 1.93 bits per heavy atom. The van der Waals surface area contributed by atoms with E-state index >= 15 is 0 Å². The molecule has 0 radical (unpaired) electrons. The molecule has 2 heterocycles. The number of benzene rings is 2. The van der Waals surface area contributed by atoms with Gasteiger partial charge < -0.3 is 28.8 Å². The van der Waals surface area contributed by atoms with Crippen LogP contribution in [-0.2, 0) is 13.1 Å². The SMILES string of the molecule is CCOc1ccccc1NC(=S)N(Cc1ccc2c(c1)OCO2)Cc1ccco1. The van der Waals surface area contributed by atoms with Crippen LogP contribution in [0.15, 0.2) is 65.3 Å². The monoisotopic (exact) mass is 410 g/mol. The standard InChI is InChI=1S/C22H22N2O4S/c1-2-25-19-8-4-3-7-18(19)23-22(29)24(14-17-6-5-11-26-17)13-16-9-10-20-21(12-16)28-15-27-20/h3-12H,2,13-15H2,1H3,(H,23,29). The minimum absolute atomic E-state index is 0.253. The summed E-state index contributed by atoms with van der Waals surface area (Å²) in [6.07, 6.45) is 1.66. The number of ether oxygens (including phenoxy) is 3. The van der Waals surface area contributed by atoms with Gasteiger partial charge in [0.25, 0.3) is 0 Å². The van der Waals surface area contributed by atoms with Crippen molar-refractivity contribution in [2.75, 3.05) is 18.7 Å². The van der Waals surface area contributed by atoms with Gasteiger partial charge in [0, 0.05) is 6.54 Å². The summed E-state index contributed by atoms with van der Waals surface area (Å²) in [5.74, 6) is 3.10. The van der Waals surface area contributed by atoms with Crippen molar-refractivity contribution in [3.8, 4) is 17.2 Å². The predicted octanol–water partition coefficient (Wildman–Crippen LogP) is 4.81. The van der Waals surface area contributed by atoms with E-state index in [9.17, 15) is 0 Å². The number of anilines is 1. The van der Waals surface area contributed by atoms with E-state index in [1.807, 2.05) is 66.4 Å². The van der Waals surface area contributed by atoms with Crippen LogP contribution in [-0.4, -0.2) is 23.4 Å². The van der Waals surface area contributed by atoms with Gasteiger partial charge in [-0.1, -0.05) is 18.2 Å². The van der Waals surface area contributed by atoms with Gasteiger partial charge in [0.2, 0.25) is 6.79 Å². The van der Waals surface area contributed by atoms with Crippen LogP contribution < -0.4 is 19.5 Å². The van der Waals surface area contributed by atoms with Gasteiger partial charge in [-0.25, -0.2) is 0 Å². The van der Waals surface area contributed by atoms with Crippen LogP contribution >= 0.6 is 12.2 Å². The van der Waals surface area contributed by atoms with Crippen LogP contribution in [0.4, 0.5) is 5.69 Å². The quantitative estimate of drug-likeness (QED) is 0.561. The van der Waals surface area contributed by atoms with Crippen molar-refractivity contribution in [1.29, 1.82) is 0 Å². The first-order valence-electron chi connectivity index (χ1n) is 9.41. The number of nitrogens with zero attached hydrogens (tertiary/aromatic N) is 1. The first-order valence-corrected chi connectivity index (χ1v) is 9.82. The molecule has 0 aliphatic carbocycles. The van der Waals surface area contributed by atoms with E-state index in [-0.39, 0.29) is 6.79 Å². The molecule has 150 valence electrons. The molecule has 6 nitrogen and oxygen atoms in total. The van der Waals surface area contributed by atoms with Crippen LogP contribution in [0.25, 0.3) is 0 Å². The fourth-order valence-corrected chi connectivity index (χ4v) is 3.33. The zero-order chi connectivity index (χ0) is 20.1. The molecule has 0 saturated heterocycles. The summed E-state index contributed by atoms with van der Waals surface area (Å²) in [7, 11) is 0. The van der Waals surface area contributed by atoms with Crippen molar-refractivity contribution in [3.05, 3.63) is 72.2 Å². The van der Waals surface area contributed by atoms with Crippen molar-refractivity contribution in [1.82, 2.24) is 4.90 Å². The third-order valence-corrected chi connectivity index (χ3v) is 4.81. The second-order valence-electron chi connectivity index (χ2n) is 6.48. The Morgan fingerprint density at radius 3 is 2.76 bits per heavy atom. The van der Waals surface area contributed by atoms with Gasteiger partial charge in [0.05, 0.1) is 25.1 Å². The van der Waals surface area contributed by atoms with Crippen LogP contribution in [0.3, 0.4) is 0 Å². The van der Waals surface area contributed by atoms with Crippen molar-refractivity contribution >= 4 is 23.0 Å². The number of fused-ring (bicyclic) bond motifs is 1. The van der Waals surface area contributed by atoms with E-state index in [4.69, 9.17) is 30.8 Å². The average Bonchev–Trinajstić information content (AvgIpc) is 3.40. The smallest absolute Gasteiger partial charge is 0.231 e. The predicted molar refractivity (Wildman–Crippen MR) is 114 cm³/mol. The molecule has 7 heteroatoms. The Kier molecular flexibility index (Phi) is 5.86. The number of rotatable bonds is 7. The summed E-state index contributed by atoms with van der Waals surface area (Å²) < 4.78 is 22.1. The van der Waals surface area contributed by atoms with Crippen molar-refractivity contribution in [2.24, 2.45) is 0 Å². The third-order valence-electron chi connectivity index (χ3n) is 4.45. The molecule has 0 saturated carbocycles. The van der Waals surface area contributed by atoms with Gasteiger partial charge in [0.1, 0.15) is 11.5 Å². The van der Waals surface area contributed by atoms with Crippen molar-refractivity contribution in [3.63, 3.8) is 0 Å². The van der Waals surface area contributed by atoms with Gasteiger partial charge in [-0.15, -0.1) is 0 Å².